The van der Waals surface area contributed by atoms with Gasteiger partial charge in [0.05, 0.1) is 6.61 Å². The Bertz CT molecular complexity index is 285. The van der Waals surface area contributed by atoms with E-state index in [0.717, 1.165) is 0 Å². The zero-order valence-corrected chi connectivity index (χ0v) is 9.90. The lowest BCUT2D eigenvalue weighted by atomic mass is 9.93. The fourth-order valence-corrected chi connectivity index (χ4v) is 1.53. The highest BCUT2D eigenvalue weighted by atomic mass is 16.6. The van der Waals surface area contributed by atoms with Crippen molar-refractivity contribution in [1.82, 2.24) is 4.90 Å². The summed E-state index contributed by atoms with van der Waals surface area (Å²) in [6, 6.07) is 0. The smallest absolute Gasteiger partial charge is 0.409 e. The normalized spacial score (nSPS) is 19.3. The number of terminal acetylenes is 1. The van der Waals surface area contributed by atoms with E-state index < -0.39 is 5.60 Å². The number of carbonyl (C=O) groups is 1. The Kier molecular flexibility index (Phi) is 4.19. The van der Waals surface area contributed by atoms with E-state index in [2.05, 4.69) is 5.92 Å². The molecule has 1 fully saturated rings. The first-order chi connectivity index (χ1) is 7.47. The maximum Gasteiger partial charge on any atom is 0.409 e. The molecule has 1 heterocycles. The number of rotatable bonds is 2. The molecule has 0 aromatic carbocycles. The molecule has 0 unspecified atom stereocenters. The number of aliphatic hydroxyl groups is 1. The van der Waals surface area contributed by atoms with E-state index in [4.69, 9.17) is 11.2 Å². The number of hydrogen-bond donors (Lipinski definition) is 1. The van der Waals surface area contributed by atoms with Gasteiger partial charge in [-0.2, -0.15) is 0 Å². The molecule has 1 aliphatic rings. The number of likely N-dealkylation sites (tertiary alicyclic amines) is 1. The summed E-state index contributed by atoms with van der Waals surface area (Å²) < 4.78 is 5.10. The van der Waals surface area contributed by atoms with Gasteiger partial charge in [0, 0.05) is 25.9 Å². The monoisotopic (exact) mass is 225 g/mol. The van der Waals surface area contributed by atoms with Crippen molar-refractivity contribution in [2.24, 2.45) is 5.92 Å². The highest BCUT2D eigenvalue weighted by molar-refractivity contribution is 5.67. The molecule has 0 aromatic heterocycles. The molecule has 1 aliphatic heterocycles. The predicted octanol–water partition coefficient (Wildman–Crippen LogP) is 1.24. The second kappa shape index (κ2) is 5.22. The predicted molar refractivity (Wildman–Crippen MR) is 60.8 cm³/mol. The van der Waals surface area contributed by atoms with Gasteiger partial charge < -0.3 is 14.7 Å². The first kappa shape index (κ1) is 12.9. The van der Waals surface area contributed by atoms with Crippen LogP contribution in [0.4, 0.5) is 4.79 Å². The van der Waals surface area contributed by atoms with Gasteiger partial charge in [0.15, 0.2) is 0 Å². The van der Waals surface area contributed by atoms with E-state index in [1.54, 1.807) is 4.90 Å². The van der Waals surface area contributed by atoms with Crippen molar-refractivity contribution in [3.8, 4) is 12.3 Å². The molecule has 16 heavy (non-hydrogen) atoms. The Morgan fingerprint density at radius 1 is 1.56 bits per heavy atom. The first-order valence-electron chi connectivity index (χ1n) is 5.59. The van der Waals surface area contributed by atoms with Crippen LogP contribution in [-0.2, 0) is 4.74 Å². The van der Waals surface area contributed by atoms with E-state index in [-0.39, 0.29) is 6.09 Å². The van der Waals surface area contributed by atoms with Gasteiger partial charge in [0.2, 0.25) is 0 Å². The van der Waals surface area contributed by atoms with E-state index in [1.807, 2.05) is 13.8 Å². The van der Waals surface area contributed by atoms with Crippen LogP contribution in [0.2, 0.25) is 0 Å². The largest absolute Gasteiger partial charge is 0.449 e. The Hall–Kier alpha value is -1.21. The minimum absolute atomic E-state index is 0.312. The zero-order valence-electron chi connectivity index (χ0n) is 9.90. The summed E-state index contributed by atoms with van der Waals surface area (Å²) in [4.78, 5) is 13.2. The fraction of sp³-hybridized carbons (Fsp3) is 0.750. The number of nitrogens with zero attached hydrogens (tertiary/aromatic N) is 1. The van der Waals surface area contributed by atoms with Crippen molar-refractivity contribution < 1.29 is 14.6 Å². The molecule has 0 atom stereocenters. The molecule has 1 rings (SSSR count). The van der Waals surface area contributed by atoms with Crippen LogP contribution in [-0.4, -0.2) is 41.4 Å². The topological polar surface area (TPSA) is 49.8 Å². The molecule has 4 heteroatoms. The summed E-state index contributed by atoms with van der Waals surface area (Å²) >= 11 is 0. The Morgan fingerprint density at radius 2 is 2.12 bits per heavy atom. The van der Waals surface area contributed by atoms with Crippen LogP contribution in [0, 0.1) is 18.3 Å². The van der Waals surface area contributed by atoms with Crippen molar-refractivity contribution in [3.05, 3.63) is 0 Å². The molecule has 1 N–H and O–H groups in total. The van der Waals surface area contributed by atoms with Crippen molar-refractivity contribution in [2.45, 2.75) is 32.3 Å². The summed E-state index contributed by atoms with van der Waals surface area (Å²) in [5, 5.41) is 9.78. The summed E-state index contributed by atoms with van der Waals surface area (Å²) in [5.74, 6) is 2.70. The van der Waals surface area contributed by atoms with Crippen molar-refractivity contribution in [2.75, 3.05) is 19.7 Å². The van der Waals surface area contributed by atoms with Crippen LogP contribution in [0.5, 0.6) is 0 Å². The molecule has 0 spiro atoms. The second-order valence-corrected chi connectivity index (χ2v) is 4.63. The Morgan fingerprint density at radius 3 is 2.56 bits per heavy atom. The average Bonchev–Trinajstić information content (AvgIpc) is 2.27. The van der Waals surface area contributed by atoms with Crippen LogP contribution in [0.1, 0.15) is 26.7 Å². The van der Waals surface area contributed by atoms with Gasteiger partial charge in [-0.15, -0.1) is 6.42 Å². The van der Waals surface area contributed by atoms with Crippen LogP contribution in [0.3, 0.4) is 0 Å². The third-order valence-electron chi connectivity index (χ3n) is 2.66. The van der Waals surface area contributed by atoms with Gasteiger partial charge in [-0.25, -0.2) is 4.79 Å². The Balaban J connectivity index is 2.37. The van der Waals surface area contributed by atoms with Crippen molar-refractivity contribution >= 4 is 6.09 Å². The molecule has 0 bridgehead atoms. The highest BCUT2D eigenvalue weighted by Crippen LogP contribution is 2.21. The number of hydrogen-bond acceptors (Lipinski definition) is 3. The van der Waals surface area contributed by atoms with Gasteiger partial charge in [-0.05, 0) is 5.92 Å². The minimum Gasteiger partial charge on any atom is -0.449 e. The second-order valence-electron chi connectivity index (χ2n) is 4.63. The van der Waals surface area contributed by atoms with Crippen LogP contribution in [0.25, 0.3) is 0 Å². The van der Waals surface area contributed by atoms with Gasteiger partial charge in [-0.3, -0.25) is 0 Å². The van der Waals surface area contributed by atoms with Crippen molar-refractivity contribution in [3.63, 3.8) is 0 Å². The quantitative estimate of drug-likeness (QED) is 0.719. The molecular formula is C12H19NO3. The number of amides is 1. The van der Waals surface area contributed by atoms with Crippen LogP contribution >= 0.6 is 0 Å². The van der Waals surface area contributed by atoms with Crippen LogP contribution in [0.15, 0.2) is 0 Å². The third kappa shape index (κ3) is 3.42. The van der Waals surface area contributed by atoms with E-state index >= 15 is 0 Å². The summed E-state index contributed by atoms with van der Waals surface area (Å²) in [7, 11) is 0. The van der Waals surface area contributed by atoms with Gasteiger partial charge >= 0.3 is 6.09 Å². The highest BCUT2D eigenvalue weighted by Gasteiger charge is 2.32. The maximum absolute atomic E-state index is 11.6. The van der Waals surface area contributed by atoms with Crippen LogP contribution < -0.4 is 0 Å². The number of carbonyl (C=O) groups excluding carboxylic acids is 1. The molecular weight excluding hydrogens is 206 g/mol. The Labute approximate surface area is 96.6 Å². The van der Waals surface area contributed by atoms with E-state index in [0.29, 0.717) is 38.5 Å². The van der Waals surface area contributed by atoms with E-state index in [9.17, 15) is 9.90 Å². The molecule has 1 saturated heterocycles. The number of ether oxygens (including phenoxy) is 1. The minimum atomic E-state index is -1.05. The fourth-order valence-electron chi connectivity index (χ4n) is 1.53. The average molecular weight is 225 g/mol. The maximum atomic E-state index is 11.6. The lowest BCUT2D eigenvalue weighted by molar-refractivity contribution is 0.0199. The molecule has 4 nitrogen and oxygen atoms in total. The zero-order chi connectivity index (χ0) is 12.2. The first-order valence-corrected chi connectivity index (χ1v) is 5.59. The van der Waals surface area contributed by atoms with Gasteiger partial charge in [0.25, 0.3) is 0 Å². The molecule has 0 aromatic rings. The van der Waals surface area contributed by atoms with Gasteiger partial charge in [0.1, 0.15) is 5.60 Å². The standard InChI is InChI=1S/C12H19NO3/c1-4-12(15)5-7-13(8-6-12)11(14)16-9-10(2)3/h1,10,15H,5-9H2,2-3H3. The van der Waals surface area contributed by atoms with E-state index in [1.165, 1.54) is 0 Å². The summed E-state index contributed by atoms with van der Waals surface area (Å²) in [5.41, 5.74) is -1.05. The SMILES string of the molecule is C#CC1(O)CCN(C(=O)OCC(C)C)CC1. The van der Waals surface area contributed by atoms with Crippen molar-refractivity contribution in [1.29, 1.82) is 0 Å². The molecule has 0 aliphatic carbocycles. The summed E-state index contributed by atoms with van der Waals surface area (Å²) in [6.45, 7) is 5.31. The third-order valence-corrected chi connectivity index (χ3v) is 2.66. The molecule has 0 radical (unpaired) electrons. The lowest BCUT2D eigenvalue weighted by Crippen LogP contribution is -2.46. The van der Waals surface area contributed by atoms with Gasteiger partial charge in [-0.1, -0.05) is 19.8 Å². The molecule has 90 valence electrons. The molecule has 1 amide bonds. The summed E-state index contributed by atoms with van der Waals surface area (Å²) in [6.07, 6.45) is 5.74. The number of piperidine rings is 1. The lowest BCUT2D eigenvalue weighted by Gasteiger charge is -2.34. The molecule has 0 saturated carbocycles.